The van der Waals surface area contributed by atoms with Gasteiger partial charge in [0.15, 0.2) is 11.6 Å². The lowest BCUT2D eigenvalue weighted by Gasteiger charge is -2.45. The lowest BCUT2D eigenvalue weighted by molar-refractivity contribution is -0.0134. The second-order valence-electron chi connectivity index (χ2n) is 11.8. The lowest BCUT2D eigenvalue weighted by Crippen LogP contribution is -2.55. The van der Waals surface area contributed by atoms with Crippen LogP contribution in [0.1, 0.15) is 69.4 Å². The van der Waals surface area contributed by atoms with Gasteiger partial charge in [-0.3, -0.25) is 0 Å². The fourth-order valence-corrected chi connectivity index (χ4v) is 8.91. The van der Waals surface area contributed by atoms with E-state index >= 15 is 0 Å². The van der Waals surface area contributed by atoms with Crippen molar-refractivity contribution in [3.8, 4) is 0 Å². The summed E-state index contributed by atoms with van der Waals surface area (Å²) in [6, 6.07) is 7.27. The van der Waals surface area contributed by atoms with E-state index in [1.807, 2.05) is 0 Å². The van der Waals surface area contributed by atoms with Gasteiger partial charge in [0.2, 0.25) is 10.0 Å². The van der Waals surface area contributed by atoms with Gasteiger partial charge in [0, 0.05) is 19.1 Å². The molecule has 6 rings (SSSR count). The quantitative estimate of drug-likeness (QED) is 0.437. The topological polar surface area (TPSA) is 70.2 Å². The van der Waals surface area contributed by atoms with Crippen molar-refractivity contribution in [1.82, 2.24) is 14.1 Å². The van der Waals surface area contributed by atoms with Crippen molar-refractivity contribution in [2.75, 3.05) is 26.2 Å². The van der Waals surface area contributed by atoms with E-state index in [9.17, 15) is 26.4 Å². The molecule has 222 valence electrons. The van der Waals surface area contributed by atoms with Crippen LogP contribution in [0.25, 0.3) is 0 Å². The monoisotopic (exact) mass is 591 g/mol. The van der Waals surface area contributed by atoms with Gasteiger partial charge in [-0.05, 0) is 107 Å². The van der Waals surface area contributed by atoms with Crippen LogP contribution in [0.4, 0.5) is 18.0 Å². The third-order valence-electron chi connectivity index (χ3n) is 9.29. The molecule has 3 saturated heterocycles. The molecule has 1 aliphatic carbocycles. The average Bonchev–Trinajstić information content (AvgIpc) is 3.53. The van der Waals surface area contributed by atoms with Crippen LogP contribution in [-0.4, -0.2) is 72.5 Å². The summed E-state index contributed by atoms with van der Waals surface area (Å²) < 4.78 is 77.9. The van der Waals surface area contributed by atoms with Gasteiger partial charge in [0.25, 0.3) is 0 Å². The number of sulfonamides is 1. The van der Waals surface area contributed by atoms with Crippen LogP contribution in [0.3, 0.4) is 0 Å². The number of carbonyl (C=O) groups excluding carboxylic acids is 1. The van der Waals surface area contributed by atoms with Crippen LogP contribution in [0.2, 0.25) is 0 Å². The van der Waals surface area contributed by atoms with Crippen molar-refractivity contribution in [3.63, 3.8) is 0 Å². The highest BCUT2D eigenvalue weighted by Gasteiger charge is 2.60. The molecule has 0 unspecified atom stereocenters. The minimum atomic E-state index is -4.39. The zero-order chi connectivity index (χ0) is 28.8. The number of hydrogen-bond acceptors (Lipinski definition) is 5. The summed E-state index contributed by atoms with van der Waals surface area (Å²) in [7, 11) is -4.39. The SMILES string of the molecule is O=C(OC1([C@H]2CCC[C@@H](c3cccc(F)c3)N2S(=O)(=O)c2ccc(F)c(F)c2)CC1)N1CCC(N2CCCC2)CC1. The normalized spacial score (nSPS) is 25.8. The minimum Gasteiger partial charge on any atom is -0.441 e. The summed E-state index contributed by atoms with van der Waals surface area (Å²) in [5.41, 5.74) is -0.562. The molecule has 2 atom stereocenters. The van der Waals surface area contributed by atoms with Gasteiger partial charge in [-0.1, -0.05) is 12.1 Å². The predicted molar refractivity (Wildman–Crippen MR) is 146 cm³/mol. The van der Waals surface area contributed by atoms with Crippen molar-refractivity contribution in [3.05, 3.63) is 65.5 Å². The second kappa shape index (κ2) is 11.2. The Morgan fingerprint density at radius 3 is 2.24 bits per heavy atom. The van der Waals surface area contributed by atoms with Gasteiger partial charge < -0.3 is 14.5 Å². The highest BCUT2D eigenvalue weighted by Crippen LogP contribution is 2.52. The molecular formula is C30H36F3N3O4S. The molecule has 0 N–H and O–H groups in total. The van der Waals surface area contributed by atoms with Gasteiger partial charge >= 0.3 is 6.09 Å². The summed E-state index contributed by atoms with van der Waals surface area (Å²) in [6.45, 7) is 3.39. The number of nitrogens with zero attached hydrogens (tertiary/aromatic N) is 3. The third-order valence-corrected chi connectivity index (χ3v) is 11.2. The first kappa shape index (κ1) is 28.5. The van der Waals surface area contributed by atoms with Gasteiger partial charge in [-0.25, -0.2) is 26.4 Å². The number of benzene rings is 2. The van der Waals surface area contributed by atoms with Crippen molar-refractivity contribution in [2.45, 2.75) is 86.4 Å². The summed E-state index contributed by atoms with van der Waals surface area (Å²) in [5, 5.41) is 0. The minimum absolute atomic E-state index is 0.393. The van der Waals surface area contributed by atoms with Crippen LogP contribution >= 0.6 is 0 Å². The Labute approximate surface area is 239 Å². The molecule has 0 bridgehead atoms. The molecule has 2 aromatic rings. The predicted octanol–water partition coefficient (Wildman–Crippen LogP) is 5.62. The Hall–Kier alpha value is -2.63. The maximum atomic E-state index is 14.3. The molecular weight excluding hydrogens is 555 g/mol. The molecule has 1 saturated carbocycles. The molecule has 3 heterocycles. The molecule has 11 heteroatoms. The van der Waals surface area contributed by atoms with Crippen LogP contribution in [0, 0.1) is 17.5 Å². The third kappa shape index (κ3) is 5.60. The van der Waals surface area contributed by atoms with Gasteiger partial charge in [0.1, 0.15) is 11.4 Å². The number of hydrogen-bond donors (Lipinski definition) is 0. The first-order chi connectivity index (χ1) is 19.7. The van der Waals surface area contributed by atoms with Crippen LogP contribution in [0.15, 0.2) is 47.4 Å². The highest BCUT2D eigenvalue weighted by molar-refractivity contribution is 7.89. The second-order valence-corrected chi connectivity index (χ2v) is 13.7. The molecule has 0 spiro atoms. The number of ether oxygens (including phenoxy) is 1. The molecule has 7 nitrogen and oxygen atoms in total. The van der Waals surface area contributed by atoms with E-state index in [1.165, 1.54) is 35.3 Å². The maximum Gasteiger partial charge on any atom is 0.410 e. The van der Waals surface area contributed by atoms with Crippen molar-refractivity contribution in [1.29, 1.82) is 0 Å². The fraction of sp³-hybridized carbons (Fsp3) is 0.567. The van der Waals surface area contributed by atoms with E-state index < -0.39 is 56.1 Å². The van der Waals surface area contributed by atoms with Gasteiger partial charge in [-0.15, -0.1) is 0 Å². The summed E-state index contributed by atoms with van der Waals surface area (Å²) >= 11 is 0. The molecule has 4 aliphatic rings. The van der Waals surface area contributed by atoms with E-state index in [4.69, 9.17) is 4.74 Å². The van der Waals surface area contributed by atoms with E-state index in [2.05, 4.69) is 4.90 Å². The Morgan fingerprint density at radius 2 is 1.59 bits per heavy atom. The van der Waals surface area contributed by atoms with Crippen LogP contribution in [-0.2, 0) is 14.8 Å². The molecule has 0 aromatic heterocycles. The first-order valence-electron chi connectivity index (χ1n) is 14.6. The number of carbonyl (C=O) groups is 1. The van der Waals surface area contributed by atoms with Crippen molar-refractivity contribution in [2.24, 2.45) is 0 Å². The van der Waals surface area contributed by atoms with E-state index in [1.54, 1.807) is 11.0 Å². The first-order valence-corrected chi connectivity index (χ1v) is 16.1. The van der Waals surface area contributed by atoms with E-state index in [0.717, 1.165) is 38.1 Å². The average molecular weight is 592 g/mol. The Balaban J connectivity index is 1.27. The molecule has 0 radical (unpaired) electrons. The molecule has 3 aliphatic heterocycles. The zero-order valence-corrected chi connectivity index (χ0v) is 23.8. The molecule has 4 fully saturated rings. The molecule has 2 aromatic carbocycles. The van der Waals surface area contributed by atoms with Crippen LogP contribution < -0.4 is 0 Å². The summed E-state index contributed by atoms with van der Waals surface area (Å²) in [6.07, 6.45) is 6.21. The number of piperidine rings is 2. The maximum absolute atomic E-state index is 14.3. The van der Waals surface area contributed by atoms with E-state index in [0.29, 0.717) is 62.9 Å². The van der Waals surface area contributed by atoms with E-state index in [-0.39, 0.29) is 0 Å². The number of likely N-dealkylation sites (tertiary alicyclic amines) is 2. The fourth-order valence-electron chi connectivity index (χ4n) is 6.98. The number of halogens is 3. The summed E-state index contributed by atoms with van der Waals surface area (Å²) in [5.74, 6) is -2.92. The van der Waals surface area contributed by atoms with Crippen molar-refractivity contribution >= 4 is 16.1 Å². The number of rotatable bonds is 6. The Morgan fingerprint density at radius 1 is 0.854 bits per heavy atom. The molecule has 41 heavy (non-hydrogen) atoms. The lowest BCUT2D eigenvalue weighted by atomic mass is 9.90. The zero-order valence-electron chi connectivity index (χ0n) is 23.0. The van der Waals surface area contributed by atoms with Crippen molar-refractivity contribution < 1.29 is 31.1 Å². The standard InChI is InChI=1S/C30H36F3N3O4S/c31-22-6-3-5-21(19-22)27-7-4-8-28(36(27)41(38,39)24-9-10-25(32)26(33)20-24)30(13-14-30)40-29(37)35-17-11-23(12-18-35)34-15-1-2-16-34/h3,5-6,9-10,19-20,23,27-28H,1-2,4,7-8,11-18H2/t27-,28+/m0/s1. The molecule has 1 amide bonds. The van der Waals surface area contributed by atoms with Gasteiger partial charge in [-0.2, -0.15) is 4.31 Å². The van der Waals surface area contributed by atoms with Crippen LogP contribution in [0.5, 0.6) is 0 Å². The van der Waals surface area contributed by atoms with Gasteiger partial charge in [0.05, 0.1) is 17.0 Å². The smallest absolute Gasteiger partial charge is 0.410 e. The summed E-state index contributed by atoms with van der Waals surface area (Å²) in [4.78, 5) is 17.2. The number of amides is 1. The largest absolute Gasteiger partial charge is 0.441 e. The Bertz CT molecular complexity index is 1390. The Kier molecular flexibility index (Phi) is 7.80. The highest BCUT2D eigenvalue weighted by atomic mass is 32.2.